The van der Waals surface area contributed by atoms with Crippen LogP contribution in [-0.4, -0.2) is 5.78 Å². The first-order valence-corrected chi connectivity index (χ1v) is 8.43. The first-order valence-electron chi connectivity index (χ1n) is 6.56. The lowest BCUT2D eigenvalue weighted by molar-refractivity contribution is 0.103. The van der Waals surface area contributed by atoms with E-state index >= 15 is 0 Å². The van der Waals surface area contributed by atoms with Crippen LogP contribution >= 0.6 is 38.5 Å². The van der Waals surface area contributed by atoms with Crippen LogP contribution in [0.25, 0.3) is 0 Å². The van der Waals surface area contributed by atoms with Crippen molar-refractivity contribution in [3.05, 3.63) is 67.2 Å². The van der Waals surface area contributed by atoms with Crippen LogP contribution in [0.4, 0.5) is 0 Å². The molecule has 0 N–H and O–H groups in total. The van der Waals surface area contributed by atoms with Gasteiger partial charge in [0.05, 0.1) is 0 Å². The molecule has 0 saturated heterocycles. The molecule has 2 rings (SSSR count). The largest absolute Gasteiger partial charge is 0.289 e. The Hall–Kier alpha value is -0.680. The number of carbonyl (C=O) groups excluding carboxylic acids is 1. The molecule has 0 saturated carbocycles. The third-order valence-corrected chi connectivity index (χ3v) is 4.40. The molecule has 1 nitrogen and oxygen atoms in total. The molecule has 20 heavy (non-hydrogen) atoms. The molecule has 0 spiro atoms. The monoisotopic (exact) mass is 442 g/mol. The Kier molecular flexibility index (Phi) is 5.38. The summed E-state index contributed by atoms with van der Waals surface area (Å²) < 4.78 is 1.90. The van der Waals surface area contributed by atoms with E-state index in [4.69, 9.17) is 0 Å². The van der Waals surface area contributed by atoms with Crippen molar-refractivity contribution in [2.45, 2.75) is 20.3 Å². The van der Waals surface area contributed by atoms with E-state index in [2.05, 4.69) is 64.5 Å². The number of carbonyl (C=O) groups is 1. The third kappa shape index (κ3) is 3.92. The van der Waals surface area contributed by atoms with Gasteiger partial charge in [0.1, 0.15) is 0 Å². The zero-order valence-electron chi connectivity index (χ0n) is 11.5. The fourth-order valence-electron chi connectivity index (χ4n) is 2.09. The molecule has 104 valence electrons. The number of hydrogen-bond acceptors (Lipinski definition) is 1. The van der Waals surface area contributed by atoms with Gasteiger partial charge in [0.2, 0.25) is 0 Å². The second kappa shape index (κ2) is 6.85. The number of ketones is 1. The van der Waals surface area contributed by atoms with Crippen LogP contribution in [0.3, 0.4) is 0 Å². The zero-order valence-corrected chi connectivity index (χ0v) is 15.2. The Balaban J connectivity index is 2.27. The predicted molar refractivity (Wildman–Crippen MR) is 95.3 cm³/mol. The molecule has 0 aromatic heterocycles. The SMILES string of the molecule is CC(C)Cc1ccc(C(=O)c2cc(I)ccc2Br)cc1. The minimum atomic E-state index is 0.0616. The second-order valence-corrected chi connectivity index (χ2v) is 7.35. The Bertz CT molecular complexity index is 617. The molecule has 3 heteroatoms. The predicted octanol–water partition coefficient (Wildman–Crippen LogP) is 5.48. The van der Waals surface area contributed by atoms with E-state index in [1.54, 1.807) is 0 Å². The van der Waals surface area contributed by atoms with E-state index in [0.29, 0.717) is 11.5 Å². The smallest absolute Gasteiger partial charge is 0.194 e. The number of halogens is 2. The average Bonchev–Trinajstić information content (AvgIpc) is 2.41. The van der Waals surface area contributed by atoms with E-state index in [0.717, 1.165) is 20.0 Å². The topological polar surface area (TPSA) is 17.1 Å². The summed E-state index contributed by atoms with van der Waals surface area (Å²) in [6, 6.07) is 13.8. The van der Waals surface area contributed by atoms with Gasteiger partial charge in [-0.05, 0) is 58.7 Å². The van der Waals surface area contributed by atoms with Crippen LogP contribution in [0, 0.1) is 9.49 Å². The quantitative estimate of drug-likeness (QED) is 0.452. The maximum Gasteiger partial charge on any atom is 0.194 e. The molecule has 0 aliphatic carbocycles. The maximum absolute atomic E-state index is 12.5. The van der Waals surface area contributed by atoms with Crippen molar-refractivity contribution in [1.82, 2.24) is 0 Å². The Labute approximate surface area is 142 Å². The van der Waals surface area contributed by atoms with Crippen molar-refractivity contribution in [2.24, 2.45) is 5.92 Å². The van der Waals surface area contributed by atoms with Gasteiger partial charge in [-0.15, -0.1) is 0 Å². The van der Waals surface area contributed by atoms with Gasteiger partial charge in [-0.25, -0.2) is 0 Å². The van der Waals surface area contributed by atoms with Gasteiger partial charge in [-0.1, -0.05) is 54.0 Å². The normalized spacial score (nSPS) is 10.8. The summed E-state index contributed by atoms with van der Waals surface area (Å²) in [6.07, 6.45) is 1.04. The minimum absolute atomic E-state index is 0.0616. The van der Waals surface area contributed by atoms with E-state index in [1.807, 2.05) is 30.3 Å². The van der Waals surface area contributed by atoms with Crippen molar-refractivity contribution in [3.8, 4) is 0 Å². The highest BCUT2D eigenvalue weighted by atomic mass is 127. The van der Waals surface area contributed by atoms with Gasteiger partial charge < -0.3 is 0 Å². The van der Waals surface area contributed by atoms with E-state index in [9.17, 15) is 4.79 Å². The lowest BCUT2D eigenvalue weighted by Crippen LogP contribution is -2.03. The molecular weight excluding hydrogens is 427 g/mol. The number of hydrogen-bond donors (Lipinski definition) is 0. The standard InChI is InChI=1S/C17H16BrIO/c1-11(2)9-12-3-5-13(6-4-12)17(20)15-10-14(19)7-8-16(15)18/h3-8,10-11H,9H2,1-2H3. The summed E-state index contributed by atoms with van der Waals surface area (Å²) in [7, 11) is 0. The van der Waals surface area contributed by atoms with Gasteiger partial charge in [0, 0.05) is 19.2 Å². The summed E-state index contributed by atoms with van der Waals surface area (Å²) in [5, 5.41) is 0. The van der Waals surface area contributed by atoms with E-state index < -0.39 is 0 Å². The lowest BCUT2D eigenvalue weighted by Gasteiger charge is -2.07. The van der Waals surface area contributed by atoms with Crippen LogP contribution in [-0.2, 0) is 6.42 Å². The first kappa shape index (κ1) is 15.7. The molecule has 0 atom stereocenters. The Morgan fingerprint density at radius 3 is 2.40 bits per heavy atom. The van der Waals surface area contributed by atoms with Gasteiger partial charge >= 0.3 is 0 Å². The fraction of sp³-hybridized carbons (Fsp3) is 0.235. The molecule has 0 bridgehead atoms. The van der Waals surface area contributed by atoms with E-state index in [1.165, 1.54) is 5.56 Å². The summed E-state index contributed by atoms with van der Waals surface area (Å²) in [5.41, 5.74) is 2.73. The third-order valence-electron chi connectivity index (χ3n) is 3.03. The van der Waals surface area contributed by atoms with Crippen molar-refractivity contribution >= 4 is 44.3 Å². The first-order chi connectivity index (χ1) is 9.47. The van der Waals surface area contributed by atoms with Crippen LogP contribution in [0.1, 0.15) is 35.3 Å². The molecule has 0 amide bonds. The van der Waals surface area contributed by atoms with Crippen LogP contribution in [0.2, 0.25) is 0 Å². The molecule has 0 unspecified atom stereocenters. The summed E-state index contributed by atoms with van der Waals surface area (Å²) in [5.74, 6) is 0.688. The molecule has 0 radical (unpaired) electrons. The number of benzene rings is 2. The highest BCUT2D eigenvalue weighted by Crippen LogP contribution is 2.23. The van der Waals surface area contributed by atoms with Crippen LogP contribution < -0.4 is 0 Å². The van der Waals surface area contributed by atoms with Crippen molar-refractivity contribution in [3.63, 3.8) is 0 Å². The maximum atomic E-state index is 12.5. The molecule has 0 fully saturated rings. The highest BCUT2D eigenvalue weighted by Gasteiger charge is 2.13. The van der Waals surface area contributed by atoms with Crippen LogP contribution in [0.5, 0.6) is 0 Å². The van der Waals surface area contributed by atoms with Crippen LogP contribution in [0.15, 0.2) is 46.9 Å². The molecule has 0 aliphatic heterocycles. The molecule has 2 aromatic rings. The lowest BCUT2D eigenvalue weighted by atomic mass is 9.98. The molecule has 0 heterocycles. The van der Waals surface area contributed by atoms with E-state index in [-0.39, 0.29) is 5.78 Å². The molecule has 2 aromatic carbocycles. The van der Waals surface area contributed by atoms with Gasteiger partial charge in [-0.2, -0.15) is 0 Å². The Morgan fingerprint density at radius 2 is 1.80 bits per heavy atom. The highest BCUT2D eigenvalue weighted by molar-refractivity contribution is 14.1. The van der Waals surface area contributed by atoms with Gasteiger partial charge in [-0.3, -0.25) is 4.79 Å². The summed E-state index contributed by atoms with van der Waals surface area (Å²) >= 11 is 5.67. The van der Waals surface area contributed by atoms with Crippen molar-refractivity contribution in [2.75, 3.05) is 0 Å². The fourth-order valence-corrected chi connectivity index (χ4v) is 3.01. The van der Waals surface area contributed by atoms with Crippen molar-refractivity contribution in [1.29, 1.82) is 0 Å². The summed E-state index contributed by atoms with van der Waals surface area (Å²) in [6.45, 7) is 4.39. The number of rotatable bonds is 4. The molecular formula is C17H16BrIO. The second-order valence-electron chi connectivity index (χ2n) is 5.25. The van der Waals surface area contributed by atoms with Gasteiger partial charge in [0.15, 0.2) is 5.78 Å². The molecule has 0 aliphatic rings. The average molecular weight is 443 g/mol. The Morgan fingerprint density at radius 1 is 1.15 bits per heavy atom. The zero-order chi connectivity index (χ0) is 14.7. The minimum Gasteiger partial charge on any atom is -0.289 e. The van der Waals surface area contributed by atoms with Gasteiger partial charge in [0.25, 0.3) is 0 Å². The summed E-state index contributed by atoms with van der Waals surface area (Å²) in [4.78, 5) is 12.5. The van der Waals surface area contributed by atoms with Crippen molar-refractivity contribution < 1.29 is 4.79 Å².